The standard InChI is InChI=1S/C22H22ClF2N3O3/c1-12(14-5-6-18(17(23)9-14)31-11-22(2,24)25)28-10-16-15(21(28)30)7-8-26-19(16)27-20(29)13-3-4-13/h5-9,12-13H,3-4,10-11H2,1-2H3,(H,26,27,29). The number of halogens is 3. The van der Waals surface area contributed by atoms with Gasteiger partial charge in [0.25, 0.3) is 11.8 Å². The fourth-order valence-electron chi connectivity index (χ4n) is 3.51. The van der Waals surface area contributed by atoms with E-state index in [9.17, 15) is 18.4 Å². The number of rotatable bonds is 7. The summed E-state index contributed by atoms with van der Waals surface area (Å²) in [6.07, 6.45) is 3.26. The number of carbonyl (C=O) groups excluding carboxylic acids is 2. The van der Waals surface area contributed by atoms with Crippen molar-refractivity contribution in [2.24, 2.45) is 5.92 Å². The average molecular weight is 450 g/mol. The molecule has 0 spiro atoms. The Hall–Kier alpha value is -2.74. The minimum atomic E-state index is -2.97. The maximum Gasteiger partial charge on any atom is 0.278 e. The molecule has 4 rings (SSSR count). The van der Waals surface area contributed by atoms with Gasteiger partial charge in [-0.1, -0.05) is 17.7 Å². The molecule has 2 aromatic rings. The summed E-state index contributed by atoms with van der Waals surface area (Å²) in [7, 11) is 0. The van der Waals surface area contributed by atoms with Crippen LogP contribution in [0.2, 0.25) is 5.02 Å². The first-order chi connectivity index (χ1) is 14.6. The zero-order valence-electron chi connectivity index (χ0n) is 17.1. The molecular weight excluding hydrogens is 428 g/mol. The van der Waals surface area contributed by atoms with Gasteiger partial charge in [0.2, 0.25) is 5.91 Å². The van der Waals surface area contributed by atoms with Gasteiger partial charge in [0, 0.05) is 30.2 Å². The van der Waals surface area contributed by atoms with Crippen molar-refractivity contribution >= 4 is 29.2 Å². The molecule has 1 unspecified atom stereocenters. The molecule has 2 heterocycles. The zero-order valence-corrected chi connectivity index (χ0v) is 17.9. The maximum atomic E-state index is 13.0. The second kappa shape index (κ2) is 8.07. The van der Waals surface area contributed by atoms with E-state index < -0.39 is 12.5 Å². The lowest BCUT2D eigenvalue weighted by Gasteiger charge is -2.25. The first-order valence-electron chi connectivity index (χ1n) is 10.0. The van der Waals surface area contributed by atoms with Crippen molar-refractivity contribution in [3.8, 4) is 5.75 Å². The normalized spacial score (nSPS) is 16.8. The molecule has 1 atom stereocenters. The largest absolute Gasteiger partial charge is 0.486 e. The van der Waals surface area contributed by atoms with Gasteiger partial charge in [-0.05, 0) is 43.5 Å². The van der Waals surface area contributed by atoms with E-state index in [1.807, 2.05) is 6.92 Å². The Morgan fingerprint density at radius 3 is 2.77 bits per heavy atom. The van der Waals surface area contributed by atoms with E-state index in [4.69, 9.17) is 16.3 Å². The van der Waals surface area contributed by atoms with E-state index in [0.717, 1.165) is 25.3 Å². The summed E-state index contributed by atoms with van der Waals surface area (Å²) in [4.78, 5) is 31.1. The molecule has 6 nitrogen and oxygen atoms in total. The Labute approximate surface area is 183 Å². The fraction of sp³-hybridized carbons (Fsp3) is 0.409. The van der Waals surface area contributed by atoms with Crippen molar-refractivity contribution in [3.05, 3.63) is 52.2 Å². The molecule has 9 heteroatoms. The number of ether oxygens (including phenoxy) is 1. The number of hydrogen-bond acceptors (Lipinski definition) is 4. The second-order valence-corrected chi connectivity index (χ2v) is 8.51. The van der Waals surface area contributed by atoms with E-state index in [0.29, 0.717) is 23.5 Å². The van der Waals surface area contributed by atoms with Crippen LogP contribution in [0.5, 0.6) is 5.75 Å². The van der Waals surface area contributed by atoms with Crippen LogP contribution < -0.4 is 10.1 Å². The molecule has 0 radical (unpaired) electrons. The summed E-state index contributed by atoms with van der Waals surface area (Å²) in [6, 6.07) is 6.14. The van der Waals surface area contributed by atoms with Crippen LogP contribution in [0, 0.1) is 5.92 Å². The number of pyridine rings is 1. The first-order valence-corrected chi connectivity index (χ1v) is 10.4. The number of benzene rings is 1. The molecule has 1 fully saturated rings. The summed E-state index contributed by atoms with van der Waals surface area (Å²) < 4.78 is 31.2. The number of carbonyl (C=O) groups is 2. The molecule has 31 heavy (non-hydrogen) atoms. The first kappa shape index (κ1) is 21.5. The van der Waals surface area contributed by atoms with Gasteiger partial charge in [-0.25, -0.2) is 13.8 Å². The molecule has 2 aliphatic rings. The van der Waals surface area contributed by atoms with Crippen LogP contribution >= 0.6 is 11.6 Å². The van der Waals surface area contributed by atoms with Crippen molar-refractivity contribution in [3.63, 3.8) is 0 Å². The van der Waals surface area contributed by atoms with Gasteiger partial charge >= 0.3 is 0 Å². The van der Waals surface area contributed by atoms with Crippen LogP contribution in [-0.4, -0.2) is 34.2 Å². The van der Waals surface area contributed by atoms with Crippen LogP contribution in [0.1, 0.15) is 54.2 Å². The van der Waals surface area contributed by atoms with Crippen LogP contribution in [0.15, 0.2) is 30.5 Å². The zero-order chi connectivity index (χ0) is 22.3. The van der Waals surface area contributed by atoms with Crippen LogP contribution in [-0.2, 0) is 11.3 Å². The van der Waals surface area contributed by atoms with Gasteiger partial charge in [0.05, 0.1) is 17.6 Å². The molecular formula is C22H22ClF2N3O3. The smallest absolute Gasteiger partial charge is 0.278 e. The highest BCUT2D eigenvalue weighted by atomic mass is 35.5. The third-order valence-electron chi connectivity index (χ3n) is 5.45. The Morgan fingerprint density at radius 1 is 1.39 bits per heavy atom. The van der Waals surface area contributed by atoms with E-state index in [-0.39, 0.29) is 34.5 Å². The van der Waals surface area contributed by atoms with Gasteiger partial charge in [-0.3, -0.25) is 9.59 Å². The maximum absolute atomic E-state index is 13.0. The highest BCUT2D eigenvalue weighted by Crippen LogP contribution is 2.37. The van der Waals surface area contributed by atoms with Gasteiger partial charge in [0.15, 0.2) is 6.61 Å². The molecule has 1 saturated carbocycles. The Balaban J connectivity index is 1.51. The second-order valence-electron chi connectivity index (χ2n) is 8.11. The van der Waals surface area contributed by atoms with Gasteiger partial charge in [0.1, 0.15) is 11.6 Å². The molecule has 164 valence electrons. The number of nitrogens with one attached hydrogen (secondary N) is 1. The topological polar surface area (TPSA) is 71.5 Å². The minimum absolute atomic E-state index is 0.0281. The summed E-state index contributed by atoms with van der Waals surface area (Å²) >= 11 is 6.22. The third-order valence-corrected chi connectivity index (χ3v) is 5.75. The predicted octanol–water partition coefficient (Wildman–Crippen LogP) is 4.83. The van der Waals surface area contributed by atoms with E-state index >= 15 is 0 Å². The van der Waals surface area contributed by atoms with E-state index in [1.54, 1.807) is 23.1 Å². The SMILES string of the molecule is CC(c1ccc(OCC(C)(F)F)c(Cl)c1)N1Cc2c(ccnc2NC(=O)C2CC2)C1=O. The third kappa shape index (κ3) is 4.63. The van der Waals surface area contributed by atoms with Crippen molar-refractivity contribution < 1.29 is 23.1 Å². The molecule has 1 aromatic heterocycles. The number of amides is 2. The number of aromatic nitrogens is 1. The fourth-order valence-corrected chi connectivity index (χ4v) is 3.76. The molecule has 1 aliphatic heterocycles. The van der Waals surface area contributed by atoms with Crippen molar-refractivity contribution in [2.45, 2.75) is 45.2 Å². The predicted molar refractivity (Wildman–Crippen MR) is 111 cm³/mol. The molecule has 0 bridgehead atoms. The van der Waals surface area contributed by atoms with Crippen LogP contribution in [0.3, 0.4) is 0 Å². The Bertz CT molecular complexity index is 1040. The highest BCUT2D eigenvalue weighted by Gasteiger charge is 2.36. The lowest BCUT2D eigenvalue weighted by atomic mass is 10.1. The van der Waals surface area contributed by atoms with Gasteiger partial charge in [-0.2, -0.15) is 0 Å². The Kier molecular flexibility index (Phi) is 5.60. The van der Waals surface area contributed by atoms with Gasteiger partial charge in [-0.15, -0.1) is 0 Å². The minimum Gasteiger partial charge on any atom is -0.486 e. The molecule has 0 saturated heterocycles. The van der Waals surface area contributed by atoms with E-state index in [1.165, 1.54) is 12.3 Å². The Morgan fingerprint density at radius 2 is 2.13 bits per heavy atom. The lowest BCUT2D eigenvalue weighted by Crippen LogP contribution is -2.27. The number of hydrogen-bond donors (Lipinski definition) is 1. The summed E-state index contributed by atoms with van der Waals surface area (Å²) in [5, 5.41) is 3.03. The number of nitrogens with zero attached hydrogens (tertiary/aromatic N) is 2. The highest BCUT2D eigenvalue weighted by molar-refractivity contribution is 6.32. The van der Waals surface area contributed by atoms with E-state index in [2.05, 4.69) is 10.3 Å². The monoisotopic (exact) mass is 449 g/mol. The lowest BCUT2D eigenvalue weighted by molar-refractivity contribution is -0.117. The average Bonchev–Trinajstić information content (AvgIpc) is 3.50. The summed E-state index contributed by atoms with van der Waals surface area (Å²) in [5.74, 6) is -2.61. The number of anilines is 1. The molecule has 1 aliphatic carbocycles. The summed E-state index contributed by atoms with van der Waals surface area (Å²) in [5.41, 5.74) is 1.92. The summed E-state index contributed by atoms with van der Waals surface area (Å²) in [6.45, 7) is 2.14. The van der Waals surface area contributed by atoms with Crippen LogP contribution in [0.4, 0.5) is 14.6 Å². The van der Waals surface area contributed by atoms with Crippen LogP contribution in [0.25, 0.3) is 0 Å². The van der Waals surface area contributed by atoms with Gasteiger partial charge < -0.3 is 15.0 Å². The van der Waals surface area contributed by atoms with Crippen molar-refractivity contribution in [2.75, 3.05) is 11.9 Å². The molecule has 1 N–H and O–H groups in total. The molecule has 2 amide bonds. The quantitative estimate of drug-likeness (QED) is 0.657. The van der Waals surface area contributed by atoms with Crippen molar-refractivity contribution in [1.82, 2.24) is 9.88 Å². The van der Waals surface area contributed by atoms with Crippen molar-refractivity contribution in [1.29, 1.82) is 0 Å². The molecule has 1 aromatic carbocycles. The number of alkyl halides is 2. The number of fused-ring (bicyclic) bond motifs is 1.